The van der Waals surface area contributed by atoms with Crippen molar-refractivity contribution >= 4 is 22.4 Å². The van der Waals surface area contributed by atoms with Crippen molar-refractivity contribution in [3.8, 4) is 22.8 Å². The van der Waals surface area contributed by atoms with Gasteiger partial charge < -0.3 is 19.5 Å². The highest BCUT2D eigenvalue weighted by molar-refractivity contribution is 7.14. The zero-order chi connectivity index (χ0) is 26.5. The fraction of sp³-hybridized carbons (Fsp3) is 0.385. The number of benzene rings is 2. The molecule has 0 atom stereocenters. The molecule has 0 amide bonds. The average Bonchev–Trinajstić information content (AvgIpc) is 3.30. The van der Waals surface area contributed by atoms with Crippen molar-refractivity contribution in [2.75, 3.05) is 24.6 Å². The summed E-state index contributed by atoms with van der Waals surface area (Å²) in [6, 6.07) is 10.2. The Bertz CT molecular complexity index is 1180. The highest BCUT2D eigenvalue weighted by Crippen LogP contribution is 2.33. The summed E-state index contributed by atoms with van der Waals surface area (Å²) in [4.78, 5) is 18.0. The van der Waals surface area contributed by atoms with Gasteiger partial charge in [0, 0.05) is 17.5 Å². The largest absolute Gasteiger partial charge is 0.492 e. The van der Waals surface area contributed by atoms with Gasteiger partial charge >= 0.3 is 12.1 Å². The molecular weight excluding hydrogens is 493 g/mol. The number of anilines is 1. The van der Waals surface area contributed by atoms with Crippen LogP contribution in [0.15, 0.2) is 47.8 Å². The van der Waals surface area contributed by atoms with Gasteiger partial charge in [-0.15, -0.1) is 11.3 Å². The number of thiazole rings is 1. The fourth-order valence-electron chi connectivity index (χ4n) is 3.36. The lowest BCUT2D eigenvalue weighted by atomic mass is 10.1. The van der Waals surface area contributed by atoms with E-state index >= 15 is 0 Å². The van der Waals surface area contributed by atoms with Crippen molar-refractivity contribution in [1.82, 2.24) is 4.98 Å². The summed E-state index contributed by atoms with van der Waals surface area (Å²) in [6.07, 6.45) is -3.48. The second-order valence-electron chi connectivity index (χ2n) is 8.77. The Morgan fingerprint density at radius 2 is 1.81 bits per heavy atom. The van der Waals surface area contributed by atoms with Crippen molar-refractivity contribution in [3.63, 3.8) is 0 Å². The van der Waals surface area contributed by atoms with Gasteiger partial charge in [0.25, 0.3) is 0 Å². The van der Waals surface area contributed by atoms with E-state index in [2.05, 4.69) is 16.8 Å². The Hall–Kier alpha value is -3.27. The molecule has 1 N–H and O–H groups in total. The van der Waals surface area contributed by atoms with E-state index in [-0.39, 0.29) is 0 Å². The molecule has 0 aliphatic rings. The number of halogens is 3. The highest BCUT2D eigenvalue weighted by atomic mass is 32.1. The average molecular weight is 523 g/mol. The third-order valence-corrected chi connectivity index (χ3v) is 6.32. The van der Waals surface area contributed by atoms with Crippen LogP contribution in [0.4, 0.5) is 18.3 Å². The normalized spacial score (nSPS) is 11.9. The van der Waals surface area contributed by atoms with Crippen LogP contribution in [0, 0.1) is 6.92 Å². The second-order valence-corrected chi connectivity index (χ2v) is 9.61. The number of ether oxygens (including phenoxy) is 2. The third-order valence-electron chi connectivity index (χ3n) is 5.42. The van der Waals surface area contributed by atoms with Gasteiger partial charge in [-0.05, 0) is 63.1 Å². The van der Waals surface area contributed by atoms with Crippen LogP contribution in [0.3, 0.4) is 0 Å². The minimum absolute atomic E-state index is 0.384. The number of carbonyl (C=O) groups is 1. The number of alkyl halides is 3. The molecule has 0 spiro atoms. The minimum atomic E-state index is -4.37. The number of aliphatic carboxylic acids is 1. The zero-order valence-electron chi connectivity index (χ0n) is 20.6. The maximum Gasteiger partial charge on any atom is 0.416 e. The molecule has 10 heteroatoms. The van der Waals surface area contributed by atoms with Crippen molar-refractivity contribution in [2.24, 2.45) is 0 Å². The Morgan fingerprint density at radius 1 is 1.11 bits per heavy atom. The first-order valence-corrected chi connectivity index (χ1v) is 12.3. The number of aryl methyl sites for hydroxylation is 1. The molecule has 3 aromatic rings. The van der Waals surface area contributed by atoms with Crippen LogP contribution < -0.4 is 14.4 Å². The molecule has 6 nitrogen and oxygen atoms in total. The van der Waals surface area contributed by atoms with E-state index in [1.54, 1.807) is 18.2 Å². The van der Waals surface area contributed by atoms with Crippen molar-refractivity contribution in [3.05, 3.63) is 59.0 Å². The van der Waals surface area contributed by atoms with Crippen molar-refractivity contribution in [1.29, 1.82) is 0 Å². The summed E-state index contributed by atoms with van der Waals surface area (Å²) in [5.41, 5.74) is -0.0238. The Labute approximate surface area is 212 Å². The second kappa shape index (κ2) is 11.2. The number of hydrogen-bond acceptors (Lipinski definition) is 6. The van der Waals surface area contributed by atoms with Gasteiger partial charge in [-0.2, -0.15) is 13.2 Å². The first-order valence-electron chi connectivity index (χ1n) is 11.4. The van der Waals surface area contributed by atoms with Gasteiger partial charge in [-0.3, -0.25) is 0 Å². The number of carboxylic acids is 1. The smallest absolute Gasteiger partial charge is 0.416 e. The summed E-state index contributed by atoms with van der Waals surface area (Å²) in [6.45, 7) is 8.55. The SMILES string of the molecule is CCCN(CCOc1ccc(OC(C)(C)C(=O)O)c(C)c1)c1nc(-c2ccc(C(F)(F)F)cc2)cs1. The lowest BCUT2D eigenvalue weighted by Crippen LogP contribution is -2.38. The summed E-state index contributed by atoms with van der Waals surface area (Å²) in [5.74, 6) is 0.0526. The first-order chi connectivity index (χ1) is 16.9. The van der Waals surface area contributed by atoms with Crippen molar-refractivity contribution in [2.45, 2.75) is 45.9 Å². The van der Waals surface area contributed by atoms with E-state index in [0.717, 1.165) is 35.8 Å². The van der Waals surface area contributed by atoms with E-state index in [1.807, 2.05) is 12.3 Å². The molecule has 1 heterocycles. The Balaban J connectivity index is 1.63. The van der Waals surface area contributed by atoms with Gasteiger partial charge in [0.2, 0.25) is 0 Å². The molecule has 0 radical (unpaired) electrons. The van der Waals surface area contributed by atoms with E-state index in [9.17, 15) is 23.1 Å². The molecule has 0 aliphatic heterocycles. The Morgan fingerprint density at radius 3 is 2.39 bits per heavy atom. The number of hydrogen-bond donors (Lipinski definition) is 1. The maximum atomic E-state index is 12.8. The molecule has 2 aromatic carbocycles. The van der Waals surface area contributed by atoms with E-state index in [0.29, 0.717) is 35.9 Å². The molecular formula is C26H29F3N2O4S. The van der Waals surface area contributed by atoms with Gasteiger partial charge in [0.1, 0.15) is 18.1 Å². The maximum absolute atomic E-state index is 12.8. The summed E-state index contributed by atoms with van der Waals surface area (Å²) in [7, 11) is 0. The molecule has 194 valence electrons. The van der Waals surface area contributed by atoms with Crippen LogP contribution >= 0.6 is 11.3 Å². The van der Waals surface area contributed by atoms with E-state index in [4.69, 9.17) is 9.47 Å². The van der Waals surface area contributed by atoms with Crippen LogP contribution in [0.5, 0.6) is 11.5 Å². The minimum Gasteiger partial charge on any atom is -0.492 e. The topological polar surface area (TPSA) is 71.9 Å². The number of aromatic nitrogens is 1. The Kier molecular flexibility index (Phi) is 8.50. The lowest BCUT2D eigenvalue weighted by Gasteiger charge is -2.23. The first kappa shape index (κ1) is 27.3. The quantitative estimate of drug-likeness (QED) is 0.303. The van der Waals surface area contributed by atoms with Crippen molar-refractivity contribution < 1.29 is 32.5 Å². The molecule has 0 saturated heterocycles. The van der Waals surface area contributed by atoms with Gasteiger partial charge in [0.15, 0.2) is 10.7 Å². The molecule has 0 unspecified atom stereocenters. The predicted octanol–water partition coefficient (Wildman–Crippen LogP) is 6.67. The molecule has 0 aliphatic carbocycles. The molecule has 36 heavy (non-hydrogen) atoms. The van der Waals surface area contributed by atoms with E-state index < -0.39 is 23.3 Å². The molecule has 1 aromatic heterocycles. The highest BCUT2D eigenvalue weighted by Gasteiger charge is 2.30. The summed E-state index contributed by atoms with van der Waals surface area (Å²) >= 11 is 1.43. The molecule has 3 rings (SSSR count). The standard InChI is InChI=1S/C26H29F3N2O4S/c1-5-12-31(24-30-21(16-36-24)18-6-8-19(9-7-18)26(27,28)29)13-14-34-20-10-11-22(17(2)15-20)35-25(3,4)23(32)33/h6-11,15-16H,5,12-14H2,1-4H3,(H,32,33). The van der Waals surface area contributed by atoms with Gasteiger partial charge in [-0.25, -0.2) is 9.78 Å². The fourth-order valence-corrected chi connectivity index (χ4v) is 4.25. The van der Waals surface area contributed by atoms with Crippen LogP contribution in [0.25, 0.3) is 11.3 Å². The zero-order valence-corrected chi connectivity index (χ0v) is 21.4. The molecule has 0 bridgehead atoms. The molecule has 0 saturated carbocycles. The monoisotopic (exact) mass is 522 g/mol. The van der Waals surface area contributed by atoms with Crippen LogP contribution in [0.2, 0.25) is 0 Å². The molecule has 0 fully saturated rings. The van der Waals surface area contributed by atoms with Gasteiger partial charge in [-0.1, -0.05) is 19.1 Å². The van der Waals surface area contributed by atoms with Crippen LogP contribution in [-0.2, 0) is 11.0 Å². The van der Waals surface area contributed by atoms with Crippen LogP contribution in [0.1, 0.15) is 38.3 Å². The lowest BCUT2D eigenvalue weighted by molar-refractivity contribution is -0.152. The van der Waals surface area contributed by atoms with Gasteiger partial charge in [0.05, 0.1) is 17.8 Å². The number of rotatable bonds is 11. The summed E-state index contributed by atoms with van der Waals surface area (Å²) in [5, 5.41) is 11.9. The number of nitrogens with zero attached hydrogens (tertiary/aromatic N) is 2. The van der Waals surface area contributed by atoms with E-state index in [1.165, 1.54) is 37.3 Å². The number of carboxylic acid groups (broad SMARTS) is 1. The van der Waals surface area contributed by atoms with Crippen LogP contribution in [-0.4, -0.2) is 41.4 Å². The summed E-state index contributed by atoms with van der Waals surface area (Å²) < 4.78 is 50.0. The predicted molar refractivity (Wildman–Crippen MR) is 134 cm³/mol. The third kappa shape index (κ3) is 6.90.